The molecular formula is C28H19Cl2FN2O7. The van der Waals surface area contributed by atoms with E-state index in [1.165, 1.54) is 4.57 Å². The molecule has 9 nitrogen and oxygen atoms in total. The zero-order valence-corrected chi connectivity index (χ0v) is 22.3. The van der Waals surface area contributed by atoms with Crippen LogP contribution in [0.15, 0.2) is 53.3 Å². The number of carbonyl (C=O) groups is 2. The van der Waals surface area contributed by atoms with Gasteiger partial charge in [-0.3, -0.25) is 4.79 Å². The van der Waals surface area contributed by atoms with Crippen LogP contribution in [0.2, 0.25) is 10.0 Å². The number of pyridine rings is 2. The van der Waals surface area contributed by atoms with Gasteiger partial charge in [0.2, 0.25) is 0 Å². The molecular weight excluding hydrogens is 566 g/mol. The molecule has 2 aliphatic rings. The maximum Gasteiger partial charge on any atom is 0.373 e. The smallest absolute Gasteiger partial charge is 0.373 e. The minimum atomic E-state index is -2.13. The molecule has 1 N–H and O–H groups in total. The molecule has 0 fully saturated rings. The first kappa shape index (κ1) is 26.2. The quantitative estimate of drug-likeness (QED) is 0.218. The number of ether oxygens (including phenoxy) is 3. The van der Waals surface area contributed by atoms with E-state index in [1.807, 2.05) is 30.3 Å². The molecule has 2 aromatic heterocycles. The molecule has 0 saturated carbocycles. The minimum absolute atomic E-state index is 0.113. The van der Waals surface area contributed by atoms with Crippen molar-refractivity contribution in [1.29, 1.82) is 0 Å². The van der Waals surface area contributed by atoms with E-state index in [9.17, 15) is 23.9 Å². The number of carbonyl (C=O) groups excluding carboxylic acids is 1. The second-order valence-corrected chi connectivity index (χ2v) is 10.2. The number of para-hydroxylation sites is 1. The SMILES string of the molecule is CC[C@@]1(OC(Oc2c(Cl)cc(F)cc2Cl)C(=O)O)C(=O)OCc2c1cc1n(c2=O)Cc2cc3ccccc3nc2-1. The Balaban J connectivity index is 1.48. The summed E-state index contributed by atoms with van der Waals surface area (Å²) in [5.74, 6) is -3.64. The lowest BCUT2D eigenvalue weighted by atomic mass is 9.85. The zero-order chi connectivity index (χ0) is 28.3. The third-order valence-electron chi connectivity index (χ3n) is 7.08. The number of benzene rings is 2. The Morgan fingerprint density at radius 2 is 1.93 bits per heavy atom. The molecule has 0 spiro atoms. The number of hydrogen-bond acceptors (Lipinski definition) is 7. The van der Waals surface area contributed by atoms with Crippen LogP contribution in [-0.2, 0) is 37.8 Å². The van der Waals surface area contributed by atoms with Crippen LogP contribution >= 0.6 is 23.2 Å². The number of carboxylic acids is 1. The Hall–Kier alpha value is -3.99. The van der Waals surface area contributed by atoms with Gasteiger partial charge in [-0.15, -0.1) is 0 Å². The van der Waals surface area contributed by atoms with E-state index in [1.54, 1.807) is 13.0 Å². The van der Waals surface area contributed by atoms with Gasteiger partial charge in [0.05, 0.1) is 39.1 Å². The number of rotatable bonds is 6. The molecule has 12 heteroatoms. The highest BCUT2D eigenvalue weighted by molar-refractivity contribution is 6.37. The fourth-order valence-electron chi connectivity index (χ4n) is 5.16. The highest BCUT2D eigenvalue weighted by atomic mass is 35.5. The van der Waals surface area contributed by atoms with Crippen LogP contribution < -0.4 is 10.3 Å². The summed E-state index contributed by atoms with van der Waals surface area (Å²) in [6, 6.07) is 12.9. The van der Waals surface area contributed by atoms with Gasteiger partial charge in [-0.1, -0.05) is 48.3 Å². The first-order valence-corrected chi connectivity index (χ1v) is 12.9. The number of carboxylic acid groups (broad SMARTS) is 1. The molecule has 2 aliphatic heterocycles. The van der Waals surface area contributed by atoms with Gasteiger partial charge in [0.15, 0.2) is 11.4 Å². The summed E-state index contributed by atoms with van der Waals surface area (Å²) < 4.78 is 31.9. The summed E-state index contributed by atoms with van der Waals surface area (Å²) in [7, 11) is 0. The van der Waals surface area contributed by atoms with Crippen LogP contribution in [0.3, 0.4) is 0 Å². The van der Waals surface area contributed by atoms with Crippen LogP contribution in [0.1, 0.15) is 30.0 Å². The van der Waals surface area contributed by atoms with Crippen molar-refractivity contribution in [2.75, 3.05) is 0 Å². The van der Waals surface area contributed by atoms with E-state index in [-0.39, 0.29) is 46.5 Å². The van der Waals surface area contributed by atoms with Gasteiger partial charge < -0.3 is 23.9 Å². The zero-order valence-electron chi connectivity index (χ0n) is 20.7. The Bertz CT molecular complexity index is 1780. The molecule has 0 radical (unpaired) electrons. The van der Waals surface area contributed by atoms with Crippen molar-refractivity contribution in [2.24, 2.45) is 0 Å². The summed E-state index contributed by atoms with van der Waals surface area (Å²) in [6.07, 6.45) is -2.25. The van der Waals surface area contributed by atoms with E-state index >= 15 is 0 Å². The van der Waals surface area contributed by atoms with Crippen molar-refractivity contribution in [3.63, 3.8) is 0 Å². The Morgan fingerprint density at radius 1 is 1.20 bits per heavy atom. The largest absolute Gasteiger partial charge is 0.477 e. The molecule has 0 bridgehead atoms. The van der Waals surface area contributed by atoms with Gasteiger partial charge in [-0.25, -0.2) is 19.0 Å². The number of hydrogen-bond donors (Lipinski definition) is 1. The average Bonchev–Trinajstić information content (AvgIpc) is 3.27. The van der Waals surface area contributed by atoms with E-state index in [2.05, 4.69) is 0 Å². The molecule has 2 aromatic carbocycles. The molecule has 1 unspecified atom stereocenters. The third kappa shape index (κ3) is 4.02. The molecule has 4 aromatic rings. The van der Waals surface area contributed by atoms with E-state index in [0.717, 1.165) is 28.6 Å². The predicted molar refractivity (Wildman–Crippen MR) is 142 cm³/mol. The molecule has 0 amide bonds. The van der Waals surface area contributed by atoms with Gasteiger partial charge >= 0.3 is 18.2 Å². The molecule has 0 saturated heterocycles. The van der Waals surface area contributed by atoms with Gasteiger partial charge in [-0.2, -0.15) is 0 Å². The maximum atomic E-state index is 13.7. The highest BCUT2D eigenvalue weighted by Crippen LogP contribution is 2.42. The molecule has 2 atom stereocenters. The number of cyclic esters (lactones) is 1. The molecule has 4 heterocycles. The molecule has 6 rings (SSSR count). The molecule has 0 aliphatic carbocycles. The maximum absolute atomic E-state index is 13.7. The number of halogens is 3. The second kappa shape index (κ2) is 9.58. The third-order valence-corrected chi connectivity index (χ3v) is 7.64. The van der Waals surface area contributed by atoms with Crippen LogP contribution in [0.5, 0.6) is 5.75 Å². The van der Waals surface area contributed by atoms with E-state index in [4.69, 9.17) is 42.4 Å². The topological polar surface area (TPSA) is 117 Å². The number of aliphatic carboxylic acids is 1. The van der Waals surface area contributed by atoms with Crippen molar-refractivity contribution in [3.8, 4) is 17.1 Å². The lowest BCUT2D eigenvalue weighted by molar-refractivity contribution is -0.220. The number of fused-ring (bicyclic) bond motifs is 5. The minimum Gasteiger partial charge on any atom is -0.477 e. The highest BCUT2D eigenvalue weighted by Gasteiger charge is 2.51. The fraction of sp³-hybridized carbons (Fsp3) is 0.214. The Morgan fingerprint density at radius 3 is 2.62 bits per heavy atom. The van der Waals surface area contributed by atoms with Crippen LogP contribution in [0.25, 0.3) is 22.3 Å². The summed E-state index contributed by atoms with van der Waals surface area (Å²) in [5.41, 5.74) is 0.410. The fourth-order valence-corrected chi connectivity index (χ4v) is 5.71. The normalized spacial score (nSPS) is 18.1. The van der Waals surface area contributed by atoms with Crippen LogP contribution in [-0.4, -0.2) is 32.9 Å². The molecule has 204 valence electrons. The summed E-state index contributed by atoms with van der Waals surface area (Å²) in [4.78, 5) is 44.0. The van der Waals surface area contributed by atoms with Gasteiger partial charge in [0.25, 0.3) is 5.56 Å². The molecule has 40 heavy (non-hydrogen) atoms. The first-order valence-electron chi connectivity index (χ1n) is 12.2. The Kier molecular flexibility index (Phi) is 6.29. The first-order chi connectivity index (χ1) is 19.1. The van der Waals surface area contributed by atoms with E-state index < -0.39 is 35.2 Å². The van der Waals surface area contributed by atoms with Crippen LogP contribution in [0.4, 0.5) is 4.39 Å². The van der Waals surface area contributed by atoms with E-state index in [0.29, 0.717) is 11.4 Å². The van der Waals surface area contributed by atoms with Gasteiger partial charge in [-0.05, 0) is 36.8 Å². The summed E-state index contributed by atoms with van der Waals surface area (Å²) >= 11 is 12.1. The van der Waals surface area contributed by atoms with Crippen molar-refractivity contribution >= 4 is 46.0 Å². The standard InChI is InChI=1S/C28H19Cl2FN2O7/c1-2-28(40-26(25(35)36)39-23-18(29)8-15(31)9-19(23)30)17-10-21-22-14(7-13-5-3-4-6-20(13)32-22)11-33(21)24(34)16(17)12-38-27(28)37/h3-10,26H,2,11-12H2,1H3,(H,35,36)/t26?,28-/m0/s1. The lowest BCUT2D eigenvalue weighted by Crippen LogP contribution is -2.50. The van der Waals surface area contributed by atoms with Crippen molar-refractivity contribution in [2.45, 2.75) is 38.4 Å². The number of nitrogens with zero attached hydrogens (tertiary/aromatic N) is 2. The lowest BCUT2D eigenvalue weighted by Gasteiger charge is -2.37. The van der Waals surface area contributed by atoms with Crippen molar-refractivity contribution < 1.29 is 33.3 Å². The van der Waals surface area contributed by atoms with Crippen LogP contribution in [0, 0.1) is 5.82 Å². The van der Waals surface area contributed by atoms with Gasteiger partial charge in [0.1, 0.15) is 12.4 Å². The summed E-state index contributed by atoms with van der Waals surface area (Å²) in [5, 5.41) is 10.3. The number of esters is 1. The summed E-state index contributed by atoms with van der Waals surface area (Å²) in [6.45, 7) is 1.53. The second-order valence-electron chi connectivity index (χ2n) is 9.36. The van der Waals surface area contributed by atoms with Crippen molar-refractivity contribution in [1.82, 2.24) is 9.55 Å². The monoisotopic (exact) mass is 584 g/mol. The number of aromatic nitrogens is 2. The van der Waals surface area contributed by atoms with Gasteiger partial charge in [0, 0.05) is 16.5 Å². The predicted octanol–water partition coefficient (Wildman–Crippen LogP) is 5.04. The average molecular weight is 585 g/mol. The Labute approximate surface area is 235 Å². The van der Waals surface area contributed by atoms with Crippen molar-refractivity contribution in [3.05, 3.63) is 91.4 Å².